The van der Waals surface area contributed by atoms with Gasteiger partial charge in [0, 0.05) is 29.6 Å². The number of halogens is 1. The summed E-state index contributed by atoms with van der Waals surface area (Å²) < 4.78 is 18.8. The first kappa shape index (κ1) is 21.4. The molecule has 0 saturated carbocycles. The third-order valence-electron chi connectivity index (χ3n) is 5.80. The van der Waals surface area contributed by atoms with E-state index in [0.29, 0.717) is 18.2 Å². The van der Waals surface area contributed by atoms with Gasteiger partial charge in [-0.3, -0.25) is 4.98 Å². The molecule has 0 radical (unpaired) electrons. The van der Waals surface area contributed by atoms with Crippen molar-refractivity contribution in [1.82, 2.24) is 19.7 Å². The van der Waals surface area contributed by atoms with Gasteiger partial charge >= 0.3 is 0 Å². The van der Waals surface area contributed by atoms with E-state index in [4.69, 9.17) is 35.6 Å². The van der Waals surface area contributed by atoms with Crippen LogP contribution in [0.15, 0.2) is 47.1 Å². The molecule has 5 aromatic rings. The van der Waals surface area contributed by atoms with Gasteiger partial charge in [0.2, 0.25) is 0 Å². The van der Waals surface area contributed by atoms with E-state index >= 15 is 0 Å². The highest BCUT2D eigenvalue weighted by Crippen LogP contribution is 2.39. The number of ether oxygens (including phenoxy) is 2. The molecule has 7 nitrogen and oxygen atoms in total. The predicted octanol–water partition coefficient (Wildman–Crippen LogP) is 5.71. The van der Waals surface area contributed by atoms with Gasteiger partial charge in [0.15, 0.2) is 0 Å². The van der Waals surface area contributed by atoms with Crippen molar-refractivity contribution in [2.45, 2.75) is 27.0 Å². The summed E-state index contributed by atoms with van der Waals surface area (Å²) in [7, 11) is 3.33. The van der Waals surface area contributed by atoms with Crippen molar-refractivity contribution >= 4 is 33.5 Å². The summed E-state index contributed by atoms with van der Waals surface area (Å²) in [5.74, 6) is 2.28. The van der Waals surface area contributed by atoms with Gasteiger partial charge in [0.25, 0.3) is 0 Å². The molecule has 0 spiro atoms. The molecule has 8 heteroatoms. The quantitative estimate of drug-likeness (QED) is 0.321. The highest BCUT2D eigenvalue weighted by atomic mass is 35.5. The average molecular weight is 463 g/mol. The SMILES string of the molecule is COCc1nc2cnc3cc(-c4c(C)noc4C)c(OC)cc3c2n1Cc1ccc(Cl)cc1. The van der Waals surface area contributed by atoms with Crippen LogP contribution in [0.1, 0.15) is 22.8 Å². The zero-order valence-electron chi connectivity index (χ0n) is 18.8. The Kier molecular flexibility index (Phi) is 5.52. The van der Waals surface area contributed by atoms with Crippen LogP contribution in [-0.2, 0) is 17.9 Å². The van der Waals surface area contributed by atoms with Crippen LogP contribution >= 0.6 is 11.6 Å². The number of aryl methyl sites for hydroxylation is 2. The molecule has 0 amide bonds. The zero-order chi connectivity index (χ0) is 23.1. The maximum atomic E-state index is 6.09. The number of fused-ring (bicyclic) bond motifs is 3. The second-order valence-corrected chi connectivity index (χ2v) is 8.37. The van der Waals surface area contributed by atoms with Crippen molar-refractivity contribution in [1.29, 1.82) is 0 Å². The number of pyridine rings is 1. The molecule has 0 saturated heterocycles. The van der Waals surface area contributed by atoms with Crippen LogP contribution in [0, 0.1) is 13.8 Å². The first-order valence-electron chi connectivity index (χ1n) is 10.5. The molecule has 0 bridgehead atoms. The van der Waals surface area contributed by atoms with Gasteiger partial charge < -0.3 is 18.6 Å². The molecule has 33 heavy (non-hydrogen) atoms. The number of rotatable bonds is 6. The Hall–Kier alpha value is -3.42. The Bertz CT molecular complexity index is 1450. The molecule has 2 aromatic carbocycles. The fraction of sp³-hybridized carbons (Fsp3) is 0.240. The third kappa shape index (κ3) is 3.73. The van der Waals surface area contributed by atoms with Crippen molar-refractivity contribution in [3.63, 3.8) is 0 Å². The highest BCUT2D eigenvalue weighted by molar-refractivity contribution is 6.30. The summed E-state index contributed by atoms with van der Waals surface area (Å²) in [5, 5.41) is 5.75. The van der Waals surface area contributed by atoms with Crippen molar-refractivity contribution in [3.8, 4) is 16.9 Å². The number of imidazole rings is 1. The molecule has 0 fully saturated rings. The molecular weight excluding hydrogens is 440 g/mol. The van der Waals surface area contributed by atoms with Crippen LogP contribution in [-0.4, -0.2) is 33.9 Å². The molecule has 168 valence electrons. The Morgan fingerprint density at radius 2 is 1.85 bits per heavy atom. The van der Waals surface area contributed by atoms with Gasteiger partial charge in [0.1, 0.15) is 29.5 Å². The summed E-state index contributed by atoms with van der Waals surface area (Å²) in [6, 6.07) is 11.9. The van der Waals surface area contributed by atoms with Crippen molar-refractivity contribution in [3.05, 3.63) is 70.5 Å². The topological polar surface area (TPSA) is 75.2 Å². The zero-order valence-corrected chi connectivity index (χ0v) is 19.6. The van der Waals surface area contributed by atoms with Crippen LogP contribution in [0.3, 0.4) is 0 Å². The van der Waals surface area contributed by atoms with Crippen LogP contribution in [0.5, 0.6) is 5.75 Å². The monoisotopic (exact) mass is 462 g/mol. The molecule has 0 atom stereocenters. The van der Waals surface area contributed by atoms with Gasteiger partial charge in [-0.15, -0.1) is 0 Å². The maximum Gasteiger partial charge on any atom is 0.141 e. The highest BCUT2D eigenvalue weighted by Gasteiger charge is 2.20. The largest absolute Gasteiger partial charge is 0.496 e. The van der Waals surface area contributed by atoms with Crippen LogP contribution in [0.2, 0.25) is 5.02 Å². The van der Waals surface area contributed by atoms with Gasteiger partial charge in [-0.1, -0.05) is 28.9 Å². The summed E-state index contributed by atoms with van der Waals surface area (Å²) >= 11 is 6.09. The van der Waals surface area contributed by atoms with Crippen molar-refractivity contribution < 1.29 is 14.0 Å². The number of benzene rings is 2. The molecule has 3 aromatic heterocycles. The summed E-state index contributed by atoms with van der Waals surface area (Å²) in [5.41, 5.74) is 6.35. The predicted molar refractivity (Wildman–Crippen MR) is 128 cm³/mol. The lowest BCUT2D eigenvalue weighted by atomic mass is 10.0. The first-order valence-corrected chi connectivity index (χ1v) is 10.9. The Balaban J connectivity index is 1.76. The standard InChI is InChI=1S/C25H23ClN4O3/c1-14-24(15(2)33-29-14)19-9-20-18(10-22(19)32-4)25-21(11-27-20)28-23(13-31-3)30(25)12-16-5-7-17(26)8-6-16/h5-11H,12-13H2,1-4H3. The van der Waals surface area contributed by atoms with E-state index in [1.54, 1.807) is 20.4 Å². The number of hydrogen-bond acceptors (Lipinski definition) is 6. The molecule has 0 aliphatic carbocycles. The van der Waals surface area contributed by atoms with E-state index in [-0.39, 0.29) is 0 Å². The molecular formula is C25H23ClN4O3. The number of hydrogen-bond donors (Lipinski definition) is 0. The van der Waals surface area contributed by atoms with Gasteiger partial charge in [-0.25, -0.2) is 4.98 Å². The van der Waals surface area contributed by atoms with Crippen molar-refractivity contribution in [2.75, 3.05) is 14.2 Å². The lowest BCUT2D eigenvalue weighted by molar-refractivity contribution is 0.175. The van der Waals surface area contributed by atoms with E-state index in [0.717, 1.165) is 61.7 Å². The Morgan fingerprint density at radius 1 is 1.06 bits per heavy atom. The summed E-state index contributed by atoms with van der Waals surface area (Å²) in [6.45, 7) is 4.83. The Morgan fingerprint density at radius 3 is 2.52 bits per heavy atom. The smallest absolute Gasteiger partial charge is 0.141 e. The van der Waals surface area contributed by atoms with Crippen LogP contribution < -0.4 is 4.74 Å². The van der Waals surface area contributed by atoms with E-state index in [1.165, 1.54) is 0 Å². The van der Waals surface area contributed by atoms with E-state index in [2.05, 4.69) is 9.72 Å². The fourth-order valence-corrected chi connectivity index (χ4v) is 4.43. The fourth-order valence-electron chi connectivity index (χ4n) is 4.30. The van der Waals surface area contributed by atoms with Crippen molar-refractivity contribution in [2.24, 2.45) is 0 Å². The number of nitrogens with zero attached hydrogens (tertiary/aromatic N) is 4. The normalized spacial score (nSPS) is 11.5. The lowest BCUT2D eigenvalue weighted by Crippen LogP contribution is -2.06. The minimum atomic E-state index is 0.387. The van der Waals surface area contributed by atoms with Crippen LogP contribution in [0.4, 0.5) is 0 Å². The number of methoxy groups -OCH3 is 2. The summed E-state index contributed by atoms with van der Waals surface area (Å²) in [4.78, 5) is 9.51. The van der Waals surface area contributed by atoms with Gasteiger partial charge in [0.05, 0.1) is 35.6 Å². The van der Waals surface area contributed by atoms with Gasteiger partial charge in [-0.2, -0.15) is 0 Å². The Labute approximate surface area is 195 Å². The first-order chi connectivity index (χ1) is 16.0. The van der Waals surface area contributed by atoms with E-state index in [9.17, 15) is 0 Å². The molecule has 3 heterocycles. The minimum absolute atomic E-state index is 0.387. The number of aromatic nitrogens is 4. The average Bonchev–Trinajstić information content (AvgIpc) is 3.33. The lowest BCUT2D eigenvalue weighted by Gasteiger charge is -2.13. The van der Waals surface area contributed by atoms with Crippen LogP contribution in [0.25, 0.3) is 33.1 Å². The van der Waals surface area contributed by atoms with E-state index < -0.39 is 0 Å². The second kappa shape index (κ2) is 8.50. The molecule has 0 aliphatic heterocycles. The molecule has 5 rings (SSSR count). The second-order valence-electron chi connectivity index (χ2n) is 7.93. The third-order valence-corrected chi connectivity index (χ3v) is 6.05. The van der Waals surface area contributed by atoms with E-state index in [1.807, 2.05) is 50.2 Å². The molecule has 0 aliphatic rings. The van der Waals surface area contributed by atoms with Gasteiger partial charge in [-0.05, 0) is 43.7 Å². The molecule has 0 N–H and O–H groups in total. The maximum absolute atomic E-state index is 6.09. The minimum Gasteiger partial charge on any atom is -0.496 e. The summed E-state index contributed by atoms with van der Waals surface area (Å²) in [6.07, 6.45) is 1.80. The molecule has 0 unspecified atom stereocenters.